The number of carbonyl (C=O) groups excluding carboxylic acids is 1. The van der Waals surface area contributed by atoms with E-state index < -0.39 is 10.8 Å². The summed E-state index contributed by atoms with van der Waals surface area (Å²) in [5.74, 6) is -0.629. The highest BCUT2D eigenvalue weighted by atomic mass is 16.6. The van der Waals surface area contributed by atoms with Crippen molar-refractivity contribution in [2.75, 3.05) is 5.32 Å². The first kappa shape index (κ1) is 18.9. The molecule has 0 radical (unpaired) electrons. The SMILES string of the molecule is Cn1c2ccccc2c2cc(/C=C(\C#N)C(=O)Nc3cccc([N+](=O)[O-])c3)ccc21. The van der Waals surface area contributed by atoms with Gasteiger partial charge in [0.25, 0.3) is 11.6 Å². The summed E-state index contributed by atoms with van der Waals surface area (Å²) in [6, 6.07) is 21.2. The predicted molar refractivity (Wildman–Crippen MR) is 116 cm³/mol. The molecule has 0 aliphatic heterocycles. The van der Waals surface area contributed by atoms with Gasteiger partial charge in [0, 0.05) is 46.7 Å². The Hall–Kier alpha value is -4.44. The van der Waals surface area contributed by atoms with Gasteiger partial charge in [-0.2, -0.15) is 5.26 Å². The smallest absolute Gasteiger partial charge is 0.271 e. The molecule has 3 aromatic carbocycles. The Morgan fingerprint density at radius 3 is 2.60 bits per heavy atom. The van der Waals surface area contributed by atoms with Crippen LogP contribution in [0, 0.1) is 21.4 Å². The van der Waals surface area contributed by atoms with E-state index in [1.807, 2.05) is 55.6 Å². The molecule has 0 aliphatic carbocycles. The minimum absolute atomic E-state index is 0.0962. The summed E-state index contributed by atoms with van der Waals surface area (Å²) in [7, 11) is 1.99. The summed E-state index contributed by atoms with van der Waals surface area (Å²) in [6.45, 7) is 0. The molecule has 1 aromatic heterocycles. The number of fused-ring (bicyclic) bond motifs is 3. The number of nitrogens with zero attached hydrogens (tertiary/aromatic N) is 3. The van der Waals surface area contributed by atoms with Crippen molar-refractivity contribution >= 4 is 45.2 Å². The van der Waals surface area contributed by atoms with Gasteiger partial charge in [0.05, 0.1) is 4.92 Å². The van der Waals surface area contributed by atoms with Crippen LogP contribution in [0.3, 0.4) is 0 Å². The van der Waals surface area contributed by atoms with Crippen molar-refractivity contribution in [2.24, 2.45) is 7.05 Å². The Morgan fingerprint density at radius 2 is 1.83 bits per heavy atom. The van der Waals surface area contributed by atoms with E-state index in [9.17, 15) is 20.2 Å². The molecule has 4 rings (SSSR count). The fraction of sp³-hybridized carbons (Fsp3) is 0.0435. The van der Waals surface area contributed by atoms with Crippen LogP contribution in [0.25, 0.3) is 27.9 Å². The number of hydrogen-bond acceptors (Lipinski definition) is 4. The second-order valence-electron chi connectivity index (χ2n) is 6.78. The normalized spacial score (nSPS) is 11.4. The van der Waals surface area contributed by atoms with Crippen molar-refractivity contribution in [1.29, 1.82) is 5.26 Å². The molecule has 1 amide bonds. The molecule has 0 saturated heterocycles. The lowest BCUT2D eigenvalue weighted by atomic mass is 10.1. The largest absolute Gasteiger partial charge is 0.344 e. The van der Waals surface area contributed by atoms with Gasteiger partial charge in [-0.1, -0.05) is 30.3 Å². The number of benzene rings is 3. The Morgan fingerprint density at radius 1 is 1.07 bits per heavy atom. The molecule has 0 atom stereocenters. The van der Waals surface area contributed by atoms with E-state index in [1.54, 1.807) is 0 Å². The van der Waals surface area contributed by atoms with Crippen LogP contribution in [-0.2, 0) is 11.8 Å². The van der Waals surface area contributed by atoms with Crippen molar-refractivity contribution in [3.63, 3.8) is 0 Å². The number of non-ortho nitro benzene ring substituents is 1. The first-order valence-electron chi connectivity index (χ1n) is 9.13. The quantitative estimate of drug-likeness (QED) is 0.232. The van der Waals surface area contributed by atoms with Gasteiger partial charge in [-0.15, -0.1) is 0 Å². The van der Waals surface area contributed by atoms with Crippen LogP contribution in [0.15, 0.2) is 72.3 Å². The average Bonchev–Trinajstić information content (AvgIpc) is 3.04. The molecule has 0 fully saturated rings. The minimum Gasteiger partial charge on any atom is -0.344 e. The number of nitriles is 1. The van der Waals surface area contributed by atoms with E-state index >= 15 is 0 Å². The van der Waals surface area contributed by atoms with E-state index in [1.165, 1.54) is 30.3 Å². The second kappa shape index (κ2) is 7.53. The Labute approximate surface area is 171 Å². The van der Waals surface area contributed by atoms with Crippen molar-refractivity contribution in [2.45, 2.75) is 0 Å². The number of carbonyl (C=O) groups is 1. The highest BCUT2D eigenvalue weighted by Crippen LogP contribution is 2.29. The molecule has 30 heavy (non-hydrogen) atoms. The van der Waals surface area contributed by atoms with Gasteiger partial charge in [-0.25, -0.2) is 0 Å². The van der Waals surface area contributed by atoms with E-state index in [2.05, 4.69) is 9.88 Å². The molecule has 0 spiro atoms. The Kier molecular flexibility index (Phi) is 4.74. The number of para-hydroxylation sites is 1. The highest BCUT2D eigenvalue weighted by molar-refractivity contribution is 6.11. The topological polar surface area (TPSA) is 101 Å². The number of anilines is 1. The number of nitro benzene ring substituents is 1. The average molecular weight is 396 g/mol. The molecule has 1 N–H and O–H groups in total. The van der Waals surface area contributed by atoms with Gasteiger partial charge in [0.15, 0.2) is 0 Å². The van der Waals surface area contributed by atoms with Gasteiger partial charge >= 0.3 is 0 Å². The number of nitrogens with one attached hydrogen (secondary N) is 1. The van der Waals surface area contributed by atoms with Crippen LogP contribution in [0.1, 0.15) is 5.56 Å². The molecule has 0 unspecified atom stereocenters. The lowest BCUT2D eigenvalue weighted by Gasteiger charge is -2.04. The summed E-state index contributed by atoms with van der Waals surface area (Å²) >= 11 is 0. The second-order valence-corrected chi connectivity index (χ2v) is 6.78. The van der Waals surface area contributed by atoms with Crippen LogP contribution in [0.5, 0.6) is 0 Å². The lowest BCUT2D eigenvalue weighted by molar-refractivity contribution is -0.384. The van der Waals surface area contributed by atoms with Gasteiger partial charge < -0.3 is 9.88 Å². The van der Waals surface area contributed by atoms with Gasteiger partial charge in [-0.05, 0) is 35.9 Å². The van der Waals surface area contributed by atoms with Gasteiger partial charge in [0.2, 0.25) is 0 Å². The van der Waals surface area contributed by atoms with Crippen molar-refractivity contribution < 1.29 is 9.72 Å². The van der Waals surface area contributed by atoms with Crippen molar-refractivity contribution in [3.8, 4) is 6.07 Å². The maximum atomic E-state index is 12.5. The first-order chi connectivity index (χ1) is 14.5. The summed E-state index contributed by atoms with van der Waals surface area (Å²) in [5, 5.41) is 25.0. The summed E-state index contributed by atoms with van der Waals surface area (Å²) in [4.78, 5) is 22.9. The van der Waals surface area contributed by atoms with Crippen LogP contribution in [-0.4, -0.2) is 15.4 Å². The van der Waals surface area contributed by atoms with Gasteiger partial charge in [-0.3, -0.25) is 14.9 Å². The molecular formula is C23H16N4O3. The maximum absolute atomic E-state index is 12.5. The van der Waals surface area contributed by atoms with E-state index in [-0.39, 0.29) is 16.9 Å². The first-order valence-corrected chi connectivity index (χ1v) is 9.13. The zero-order valence-corrected chi connectivity index (χ0v) is 16.0. The van der Waals surface area contributed by atoms with Crippen molar-refractivity contribution in [3.05, 3.63) is 88.0 Å². The number of nitro groups is 1. The molecular weight excluding hydrogens is 380 g/mol. The van der Waals surface area contributed by atoms with Crippen LogP contribution in [0.2, 0.25) is 0 Å². The van der Waals surface area contributed by atoms with E-state index in [4.69, 9.17) is 0 Å². The van der Waals surface area contributed by atoms with Gasteiger partial charge in [0.1, 0.15) is 11.6 Å². The van der Waals surface area contributed by atoms with E-state index in [0.29, 0.717) is 5.56 Å². The van der Waals surface area contributed by atoms with Crippen LogP contribution >= 0.6 is 0 Å². The minimum atomic E-state index is -0.629. The Bertz CT molecular complexity index is 1390. The highest BCUT2D eigenvalue weighted by Gasteiger charge is 2.13. The summed E-state index contributed by atoms with van der Waals surface area (Å²) in [5.41, 5.74) is 2.87. The standard InChI is InChI=1S/C23H16N4O3/c1-26-21-8-3-2-7-19(21)20-12-15(9-10-22(20)26)11-16(14-24)23(28)25-17-5-4-6-18(13-17)27(29)30/h2-13H,1H3,(H,25,28)/b16-11+. The van der Waals surface area contributed by atoms with Crippen molar-refractivity contribution in [1.82, 2.24) is 4.57 Å². The predicted octanol–water partition coefficient (Wildman–Crippen LogP) is 4.79. The fourth-order valence-electron chi connectivity index (χ4n) is 3.49. The zero-order valence-electron chi connectivity index (χ0n) is 16.0. The molecule has 146 valence electrons. The number of aromatic nitrogens is 1. The third-order valence-electron chi connectivity index (χ3n) is 4.93. The van der Waals surface area contributed by atoms with E-state index in [0.717, 1.165) is 21.8 Å². The zero-order chi connectivity index (χ0) is 21.3. The summed E-state index contributed by atoms with van der Waals surface area (Å²) < 4.78 is 2.10. The van der Waals surface area contributed by atoms with Crippen LogP contribution < -0.4 is 5.32 Å². The summed E-state index contributed by atoms with van der Waals surface area (Å²) in [6.07, 6.45) is 1.51. The monoisotopic (exact) mass is 396 g/mol. The third-order valence-corrected chi connectivity index (χ3v) is 4.93. The number of hydrogen-bond donors (Lipinski definition) is 1. The molecule has 7 heteroatoms. The van der Waals surface area contributed by atoms with Crippen LogP contribution in [0.4, 0.5) is 11.4 Å². The maximum Gasteiger partial charge on any atom is 0.271 e. The molecule has 0 bridgehead atoms. The fourth-order valence-corrected chi connectivity index (χ4v) is 3.49. The molecule has 4 aromatic rings. The third kappa shape index (κ3) is 3.38. The number of aryl methyl sites for hydroxylation is 1. The lowest BCUT2D eigenvalue weighted by Crippen LogP contribution is -2.13. The number of rotatable bonds is 4. The molecule has 0 aliphatic rings. The Balaban J connectivity index is 1.68. The molecule has 0 saturated carbocycles. The molecule has 7 nitrogen and oxygen atoms in total. The number of amides is 1. The molecule has 1 heterocycles.